The van der Waals surface area contributed by atoms with E-state index in [1.165, 1.54) is 56.1 Å². The van der Waals surface area contributed by atoms with Crippen molar-refractivity contribution < 1.29 is 0 Å². The highest BCUT2D eigenvalue weighted by atomic mass is 35.5. The van der Waals surface area contributed by atoms with Crippen LogP contribution in [0.5, 0.6) is 0 Å². The first-order chi connectivity index (χ1) is 9.74. The Morgan fingerprint density at radius 2 is 1.90 bits per heavy atom. The summed E-state index contributed by atoms with van der Waals surface area (Å²) in [4.78, 5) is 0. The number of hydrogen-bond donors (Lipinski definition) is 1. The summed E-state index contributed by atoms with van der Waals surface area (Å²) >= 11 is 6.34. The van der Waals surface area contributed by atoms with Gasteiger partial charge in [0.05, 0.1) is 0 Å². The number of benzene rings is 1. The Morgan fingerprint density at radius 1 is 1.20 bits per heavy atom. The first-order valence-corrected chi connectivity index (χ1v) is 8.60. The zero-order valence-corrected chi connectivity index (χ0v) is 13.7. The van der Waals surface area contributed by atoms with Crippen LogP contribution in [-0.2, 0) is 0 Å². The van der Waals surface area contributed by atoms with Crippen molar-refractivity contribution >= 4 is 11.6 Å². The standard InChI is InChI=1S/C18H28ClN/c1-3-13-20-18(15-9-6-4-5-7-10-15)16-11-8-12-17(19)14(16)2/h8,11-12,15,18,20H,3-7,9-10,13H2,1-2H3. The maximum atomic E-state index is 6.34. The highest BCUT2D eigenvalue weighted by Gasteiger charge is 2.25. The average Bonchev–Trinajstić information content (AvgIpc) is 2.73. The molecule has 0 aromatic heterocycles. The molecule has 1 N–H and O–H groups in total. The van der Waals surface area contributed by atoms with E-state index in [9.17, 15) is 0 Å². The molecule has 1 aliphatic carbocycles. The van der Waals surface area contributed by atoms with Gasteiger partial charge in [0.1, 0.15) is 0 Å². The first-order valence-electron chi connectivity index (χ1n) is 8.22. The lowest BCUT2D eigenvalue weighted by molar-refractivity contribution is 0.325. The molecule has 0 heterocycles. The lowest BCUT2D eigenvalue weighted by atomic mass is 9.85. The van der Waals surface area contributed by atoms with Crippen LogP contribution in [0.15, 0.2) is 18.2 Å². The van der Waals surface area contributed by atoms with E-state index >= 15 is 0 Å². The molecule has 2 rings (SSSR count). The van der Waals surface area contributed by atoms with Gasteiger partial charge in [-0.15, -0.1) is 0 Å². The number of nitrogens with one attached hydrogen (secondary N) is 1. The minimum atomic E-state index is 0.478. The van der Waals surface area contributed by atoms with Gasteiger partial charge in [0.25, 0.3) is 0 Å². The van der Waals surface area contributed by atoms with Crippen molar-refractivity contribution in [2.75, 3.05) is 6.54 Å². The van der Waals surface area contributed by atoms with Crippen molar-refractivity contribution in [1.29, 1.82) is 0 Å². The van der Waals surface area contributed by atoms with Gasteiger partial charge in [0.2, 0.25) is 0 Å². The molecule has 0 bridgehead atoms. The Bertz CT molecular complexity index is 408. The molecule has 1 aliphatic rings. The summed E-state index contributed by atoms with van der Waals surface area (Å²) in [6.45, 7) is 5.49. The van der Waals surface area contributed by atoms with Crippen molar-refractivity contribution in [3.63, 3.8) is 0 Å². The van der Waals surface area contributed by atoms with Crippen LogP contribution >= 0.6 is 11.6 Å². The molecule has 1 aromatic rings. The van der Waals surface area contributed by atoms with Gasteiger partial charge in [0.15, 0.2) is 0 Å². The molecule has 0 amide bonds. The summed E-state index contributed by atoms with van der Waals surface area (Å²) in [5.41, 5.74) is 2.67. The van der Waals surface area contributed by atoms with Crippen molar-refractivity contribution in [3.05, 3.63) is 34.3 Å². The van der Waals surface area contributed by atoms with Gasteiger partial charge >= 0.3 is 0 Å². The van der Waals surface area contributed by atoms with Gasteiger partial charge < -0.3 is 5.32 Å². The molecular weight excluding hydrogens is 266 g/mol. The molecule has 0 saturated heterocycles. The third-order valence-electron chi connectivity index (χ3n) is 4.63. The van der Waals surface area contributed by atoms with E-state index < -0.39 is 0 Å². The van der Waals surface area contributed by atoms with E-state index in [0.29, 0.717) is 6.04 Å². The molecule has 20 heavy (non-hydrogen) atoms. The van der Waals surface area contributed by atoms with Crippen molar-refractivity contribution in [1.82, 2.24) is 5.32 Å². The molecule has 1 aromatic carbocycles. The lowest BCUT2D eigenvalue weighted by Gasteiger charge is -2.29. The molecule has 1 nitrogen and oxygen atoms in total. The number of halogens is 1. The Kier molecular flexibility index (Phi) is 6.38. The maximum Gasteiger partial charge on any atom is 0.0438 e. The molecule has 0 spiro atoms. The van der Waals surface area contributed by atoms with Crippen LogP contribution in [0.2, 0.25) is 5.02 Å². The van der Waals surface area contributed by atoms with Crippen LogP contribution in [0.4, 0.5) is 0 Å². The molecule has 112 valence electrons. The lowest BCUT2D eigenvalue weighted by Crippen LogP contribution is -2.29. The predicted molar refractivity (Wildman–Crippen MR) is 88.4 cm³/mol. The van der Waals surface area contributed by atoms with Gasteiger partial charge in [-0.2, -0.15) is 0 Å². The zero-order valence-electron chi connectivity index (χ0n) is 12.9. The molecule has 1 unspecified atom stereocenters. The second-order valence-electron chi connectivity index (χ2n) is 6.14. The quantitative estimate of drug-likeness (QED) is 0.691. The topological polar surface area (TPSA) is 12.0 Å². The summed E-state index contributed by atoms with van der Waals surface area (Å²) in [5.74, 6) is 0.765. The minimum Gasteiger partial charge on any atom is -0.310 e. The van der Waals surface area contributed by atoms with E-state index in [1.54, 1.807) is 0 Å². The Balaban J connectivity index is 2.23. The largest absolute Gasteiger partial charge is 0.310 e. The predicted octanol–water partition coefficient (Wildman–Crippen LogP) is 5.66. The SMILES string of the molecule is CCCNC(c1cccc(Cl)c1C)C1CCCCCC1. The highest BCUT2D eigenvalue weighted by molar-refractivity contribution is 6.31. The molecule has 2 heteroatoms. The molecule has 1 atom stereocenters. The second kappa shape index (κ2) is 8.05. The summed E-state index contributed by atoms with van der Waals surface area (Å²) in [6.07, 6.45) is 9.48. The van der Waals surface area contributed by atoms with Gasteiger partial charge in [-0.25, -0.2) is 0 Å². The Labute approximate surface area is 129 Å². The fraction of sp³-hybridized carbons (Fsp3) is 0.667. The Morgan fingerprint density at radius 3 is 2.55 bits per heavy atom. The van der Waals surface area contributed by atoms with Crippen LogP contribution in [0.3, 0.4) is 0 Å². The van der Waals surface area contributed by atoms with Crippen LogP contribution in [-0.4, -0.2) is 6.54 Å². The Hall–Kier alpha value is -0.530. The maximum absolute atomic E-state index is 6.34. The van der Waals surface area contributed by atoms with Gasteiger partial charge in [-0.1, -0.05) is 56.3 Å². The first kappa shape index (κ1) is 15.9. The number of rotatable bonds is 5. The molecule has 0 aliphatic heterocycles. The fourth-order valence-corrected chi connectivity index (χ4v) is 3.62. The minimum absolute atomic E-state index is 0.478. The third-order valence-corrected chi connectivity index (χ3v) is 5.04. The highest BCUT2D eigenvalue weighted by Crippen LogP contribution is 2.36. The summed E-state index contributed by atoms with van der Waals surface area (Å²) < 4.78 is 0. The number of hydrogen-bond acceptors (Lipinski definition) is 1. The zero-order chi connectivity index (χ0) is 14.4. The van der Waals surface area contributed by atoms with Gasteiger partial charge in [-0.3, -0.25) is 0 Å². The van der Waals surface area contributed by atoms with E-state index in [-0.39, 0.29) is 0 Å². The smallest absolute Gasteiger partial charge is 0.0438 e. The second-order valence-corrected chi connectivity index (χ2v) is 6.54. The third kappa shape index (κ3) is 3.99. The molecule has 1 saturated carbocycles. The molecule has 0 radical (unpaired) electrons. The van der Waals surface area contributed by atoms with E-state index in [1.807, 2.05) is 6.07 Å². The van der Waals surface area contributed by atoms with Crippen molar-refractivity contribution in [2.45, 2.75) is 64.8 Å². The van der Waals surface area contributed by atoms with Crippen LogP contribution in [0.1, 0.15) is 69.0 Å². The summed E-state index contributed by atoms with van der Waals surface area (Å²) in [6, 6.07) is 6.85. The van der Waals surface area contributed by atoms with Gasteiger partial charge in [0, 0.05) is 11.1 Å². The molecule has 1 fully saturated rings. The van der Waals surface area contributed by atoms with Crippen molar-refractivity contribution in [3.8, 4) is 0 Å². The summed E-state index contributed by atoms with van der Waals surface area (Å²) in [5, 5.41) is 4.69. The monoisotopic (exact) mass is 293 g/mol. The van der Waals surface area contributed by atoms with Crippen molar-refractivity contribution in [2.24, 2.45) is 5.92 Å². The van der Waals surface area contributed by atoms with Crippen LogP contribution < -0.4 is 5.32 Å². The van der Waals surface area contributed by atoms with Crippen LogP contribution in [0.25, 0.3) is 0 Å². The van der Waals surface area contributed by atoms with Gasteiger partial charge in [-0.05, 0) is 55.8 Å². The van der Waals surface area contributed by atoms with E-state index in [4.69, 9.17) is 11.6 Å². The molecular formula is C18H28ClN. The average molecular weight is 294 g/mol. The normalized spacial score (nSPS) is 18.8. The van der Waals surface area contributed by atoms with Crippen LogP contribution in [0, 0.1) is 12.8 Å². The van der Waals surface area contributed by atoms with E-state index in [2.05, 4.69) is 31.3 Å². The summed E-state index contributed by atoms with van der Waals surface area (Å²) in [7, 11) is 0. The fourth-order valence-electron chi connectivity index (χ4n) is 3.44. The van der Waals surface area contributed by atoms with E-state index in [0.717, 1.165) is 17.5 Å².